The van der Waals surface area contributed by atoms with Crippen molar-refractivity contribution in [1.29, 1.82) is 0 Å². The molecule has 10 rings (SSSR count). The van der Waals surface area contributed by atoms with Gasteiger partial charge in [0, 0.05) is 49.3 Å². The first-order valence-electron chi connectivity index (χ1n) is 21.1. The van der Waals surface area contributed by atoms with Gasteiger partial charge in [-0.1, -0.05) is 29.5 Å². The van der Waals surface area contributed by atoms with Crippen molar-refractivity contribution >= 4 is 55.7 Å². The Kier molecular flexibility index (Phi) is 10.2. The SMILES string of the molecule is O=C1CCC2C(N1)C(O)CCC2[C@@H](O)CNCc1cc2nnn(CCCN3CC4(CC(OC(=O)C(O)(c5cccs5)c5cc6ccccc6s5)C4)C3)c2c2c1CCC2. The second-order valence-corrected chi connectivity index (χ2v) is 19.7. The molecule has 4 fully saturated rings. The first-order chi connectivity index (χ1) is 28.2. The van der Waals surface area contributed by atoms with Crippen molar-refractivity contribution in [1.82, 2.24) is 30.5 Å². The molecule has 3 aliphatic carbocycles. The van der Waals surface area contributed by atoms with Crippen molar-refractivity contribution in [3.63, 3.8) is 0 Å². The fraction of sp³-hybridized carbons (Fsp3) is 0.545. The van der Waals surface area contributed by atoms with E-state index < -0.39 is 23.8 Å². The molecule has 6 atom stereocenters. The number of aliphatic hydroxyl groups excluding tert-OH is 2. The van der Waals surface area contributed by atoms with Gasteiger partial charge in [0.25, 0.3) is 0 Å². The van der Waals surface area contributed by atoms with Crippen LogP contribution >= 0.6 is 22.7 Å². The second-order valence-electron chi connectivity index (χ2n) is 17.7. The molecule has 12 nitrogen and oxygen atoms in total. The maximum atomic E-state index is 13.7. The molecule has 1 amide bonds. The van der Waals surface area contributed by atoms with Crippen LogP contribution in [0.3, 0.4) is 0 Å². The summed E-state index contributed by atoms with van der Waals surface area (Å²) in [6.45, 7) is 4.87. The van der Waals surface area contributed by atoms with Crippen LogP contribution in [0.5, 0.6) is 0 Å². The molecule has 5 heterocycles. The predicted octanol–water partition coefficient (Wildman–Crippen LogP) is 4.65. The molecule has 3 aromatic heterocycles. The third-order valence-corrected chi connectivity index (χ3v) is 16.1. The fourth-order valence-corrected chi connectivity index (χ4v) is 13.1. The first-order valence-corrected chi connectivity index (χ1v) is 22.8. The summed E-state index contributed by atoms with van der Waals surface area (Å²) in [4.78, 5) is 29.4. The molecule has 2 saturated carbocycles. The number of rotatable bonds is 13. The highest BCUT2D eigenvalue weighted by Gasteiger charge is 2.55. The molecule has 58 heavy (non-hydrogen) atoms. The molecule has 2 aliphatic heterocycles. The number of thiophene rings is 2. The minimum absolute atomic E-state index is 0.00472. The van der Waals surface area contributed by atoms with Crippen LogP contribution in [0.25, 0.3) is 21.1 Å². The number of carbonyl (C=O) groups is 2. The topological polar surface area (TPSA) is 162 Å². The number of hydrogen-bond donors (Lipinski definition) is 5. The lowest BCUT2D eigenvalue weighted by atomic mass is 9.61. The van der Waals surface area contributed by atoms with Crippen LogP contribution in [0.15, 0.2) is 53.9 Å². The molecule has 5 aromatic rings. The number of nitrogens with zero attached hydrogens (tertiary/aromatic N) is 4. The van der Waals surface area contributed by atoms with Gasteiger partial charge in [-0.15, -0.1) is 27.8 Å². The zero-order chi connectivity index (χ0) is 39.6. The zero-order valence-electron chi connectivity index (χ0n) is 32.6. The average molecular weight is 825 g/mol. The van der Waals surface area contributed by atoms with E-state index in [9.17, 15) is 24.9 Å². The molecular weight excluding hydrogens is 773 g/mol. The molecule has 0 bridgehead atoms. The van der Waals surface area contributed by atoms with Gasteiger partial charge in [0.1, 0.15) is 11.6 Å². The van der Waals surface area contributed by atoms with E-state index in [1.54, 1.807) is 0 Å². The highest BCUT2D eigenvalue weighted by Crippen LogP contribution is 2.51. The van der Waals surface area contributed by atoms with Gasteiger partial charge < -0.3 is 35.6 Å². The number of fused-ring (bicyclic) bond motifs is 5. The Morgan fingerprint density at radius 1 is 1.05 bits per heavy atom. The van der Waals surface area contributed by atoms with Crippen LogP contribution in [0, 0.1) is 17.3 Å². The molecule has 306 valence electrons. The van der Waals surface area contributed by atoms with Crippen molar-refractivity contribution in [2.75, 3.05) is 26.2 Å². The summed E-state index contributed by atoms with van der Waals surface area (Å²) in [5.41, 5.74) is 4.42. The number of amides is 1. The summed E-state index contributed by atoms with van der Waals surface area (Å²) >= 11 is 2.81. The van der Waals surface area contributed by atoms with Gasteiger partial charge >= 0.3 is 5.97 Å². The molecule has 1 spiro atoms. The molecule has 2 saturated heterocycles. The van der Waals surface area contributed by atoms with Crippen molar-refractivity contribution in [3.8, 4) is 0 Å². The van der Waals surface area contributed by atoms with Crippen molar-refractivity contribution in [3.05, 3.63) is 80.4 Å². The number of carbonyl (C=O) groups excluding carboxylic acids is 2. The lowest BCUT2D eigenvalue weighted by Gasteiger charge is -2.58. The Labute approximate surface area is 345 Å². The largest absolute Gasteiger partial charge is 0.460 e. The molecule has 2 aromatic carbocycles. The van der Waals surface area contributed by atoms with E-state index in [2.05, 4.69) is 36.6 Å². The van der Waals surface area contributed by atoms with E-state index in [4.69, 9.17) is 4.74 Å². The van der Waals surface area contributed by atoms with Crippen LogP contribution in [0.2, 0.25) is 0 Å². The van der Waals surface area contributed by atoms with E-state index in [0.29, 0.717) is 42.1 Å². The maximum absolute atomic E-state index is 13.7. The highest BCUT2D eigenvalue weighted by molar-refractivity contribution is 7.19. The Hall–Kier alpha value is -3.76. The van der Waals surface area contributed by atoms with Crippen LogP contribution in [0.1, 0.15) is 77.8 Å². The highest BCUT2D eigenvalue weighted by atomic mass is 32.1. The Bertz CT molecular complexity index is 2280. The minimum atomic E-state index is -1.82. The lowest BCUT2D eigenvalue weighted by molar-refractivity contribution is -0.191. The van der Waals surface area contributed by atoms with Gasteiger partial charge in [0.15, 0.2) is 0 Å². The van der Waals surface area contributed by atoms with Crippen molar-refractivity contribution < 1.29 is 29.6 Å². The number of nitrogens with one attached hydrogen (secondary N) is 2. The number of aliphatic hydroxyl groups is 3. The summed E-state index contributed by atoms with van der Waals surface area (Å²) in [6, 6.07) is 15.4. The second kappa shape index (κ2) is 15.4. The Morgan fingerprint density at radius 2 is 1.90 bits per heavy atom. The van der Waals surface area contributed by atoms with E-state index in [1.807, 2.05) is 47.8 Å². The smallest absolute Gasteiger partial charge is 0.349 e. The Balaban J connectivity index is 0.707. The van der Waals surface area contributed by atoms with Gasteiger partial charge in [-0.2, -0.15) is 0 Å². The Morgan fingerprint density at radius 3 is 2.72 bits per heavy atom. The molecule has 5 N–H and O–H groups in total. The molecular formula is C44H52N6O6S2. The van der Waals surface area contributed by atoms with Gasteiger partial charge in [-0.3, -0.25) is 4.79 Å². The molecule has 5 aliphatic rings. The zero-order valence-corrected chi connectivity index (χ0v) is 34.3. The number of ether oxygens (including phenoxy) is 1. The fourth-order valence-electron chi connectivity index (χ4n) is 11.1. The molecule has 0 radical (unpaired) electrons. The van der Waals surface area contributed by atoms with E-state index >= 15 is 0 Å². The van der Waals surface area contributed by atoms with Crippen LogP contribution in [-0.2, 0) is 45.9 Å². The molecule has 14 heteroatoms. The number of benzene rings is 2. The average Bonchev–Trinajstić information content (AvgIpc) is 4.03. The standard InChI is InChI=1S/C44H52N6O6S2/c51-34-13-11-30(31-12-14-39(53)46-40(31)34)35(52)23-45-22-27-18-33-41(32-8-3-7-29(27)32)50(48-47-33)16-5-15-49-24-43(25-49)20-28(21-43)56-42(54)44(55,37-10-4-17-57-37)38-19-26-6-1-2-9-36(26)58-38/h1-2,4,6,9-10,17-19,28,30-31,34-35,40,45,51-52,55H,3,5,7-8,11-16,20-25H2,(H,46,53)/t30?,31?,34?,35-,40?,44?/m0/s1. The third-order valence-electron chi connectivity index (χ3n) is 13.9. The lowest BCUT2D eigenvalue weighted by Crippen LogP contribution is -2.64. The number of esters is 1. The van der Waals surface area contributed by atoms with Crippen molar-refractivity contribution in [2.24, 2.45) is 17.3 Å². The van der Waals surface area contributed by atoms with Gasteiger partial charge in [0.2, 0.25) is 11.5 Å². The number of likely N-dealkylation sites (tertiary alicyclic amines) is 1. The number of piperidine rings is 1. The van der Waals surface area contributed by atoms with Gasteiger partial charge in [-0.05, 0) is 128 Å². The van der Waals surface area contributed by atoms with Crippen LogP contribution in [0.4, 0.5) is 0 Å². The summed E-state index contributed by atoms with van der Waals surface area (Å²) in [7, 11) is 0. The quantitative estimate of drug-likeness (QED) is 0.106. The predicted molar refractivity (Wildman–Crippen MR) is 222 cm³/mol. The maximum Gasteiger partial charge on any atom is 0.349 e. The van der Waals surface area contributed by atoms with Gasteiger partial charge in [-0.25, -0.2) is 9.48 Å². The summed E-state index contributed by atoms with van der Waals surface area (Å²) in [5.74, 6) is -0.439. The van der Waals surface area contributed by atoms with Crippen molar-refractivity contribution in [2.45, 2.75) is 107 Å². The van der Waals surface area contributed by atoms with Crippen LogP contribution < -0.4 is 10.6 Å². The summed E-state index contributed by atoms with van der Waals surface area (Å²) in [5, 5.41) is 52.3. The minimum Gasteiger partial charge on any atom is -0.460 e. The summed E-state index contributed by atoms with van der Waals surface area (Å²) in [6.07, 6.45) is 7.03. The number of hydrogen-bond acceptors (Lipinski definition) is 12. The normalized spacial score (nSPS) is 25.8. The molecule has 5 unspecified atom stereocenters. The van der Waals surface area contributed by atoms with Crippen LogP contribution in [-0.4, -0.2) is 97.6 Å². The van der Waals surface area contributed by atoms with E-state index in [0.717, 1.165) is 92.2 Å². The van der Waals surface area contributed by atoms with E-state index in [-0.39, 0.29) is 35.3 Å². The van der Waals surface area contributed by atoms with E-state index in [1.165, 1.54) is 39.4 Å². The third kappa shape index (κ3) is 6.88. The number of aryl methyl sites for hydroxylation is 2. The number of aromatic nitrogens is 3. The monoisotopic (exact) mass is 824 g/mol. The first kappa shape index (κ1) is 38.4. The summed E-state index contributed by atoms with van der Waals surface area (Å²) < 4.78 is 9.16. The van der Waals surface area contributed by atoms with Gasteiger partial charge in [0.05, 0.1) is 33.5 Å².